The number of rotatable bonds is 6. The zero-order valence-corrected chi connectivity index (χ0v) is 11.8. The van der Waals surface area contributed by atoms with Gasteiger partial charge in [-0.15, -0.1) is 0 Å². The van der Waals surface area contributed by atoms with Gasteiger partial charge in [-0.1, -0.05) is 12.1 Å². The molecule has 0 unspecified atom stereocenters. The normalized spacial score (nSPS) is 12.1. The van der Waals surface area contributed by atoms with Gasteiger partial charge in [-0.2, -0.15) is 0 Å². The Kier molecular flexibility index (Phi) is 4.98. The summed E-state index contributed by atoms with van der Waals surface area (Å²) in [5.74, 6) is 0.454. The molecule has 0 fully saturated rings. The second-order valence-electron chi connectivity index (χ2n) is 4.31. The van der Waals surface area contributed by atoms with Crippen molar-refractivity contribution in [3.8, 4) is 5.75 Å². The van der Waals surface area contributed by atoms with Crippen LogP contribution in [0.25, 0.3) is 0 Å². The first-order valence-corrected chi connectivity index (χ1v) is 7.38. The number of sulfonamides is 1. The Balaban J connectivity index is 2.55. The van der Waals surface area contributed by atoms with E-state index in [0.717, 1.165) is 0 Å². The van der Waals surface area contributed by atoms with Gasteiger partial charge in [-0.25, -0.2) is 12.7 Å². The van der Waals surface area contributed by atoms with Gasteiger partial charge in [0.2, 0.25) is 10.0 Å². The molecule has 0 saturated heterocycles. The van der Waals surface area contributed by atoms with E-state index in [4.69, 9.17) is 10.5 Å². The summed E-state index contributed by atoms with van der Waals surface area (Å²) in [4.78, 5) is 0. The van der Waals surface area contributed by atoms with Gasteiger partial charge in [-0.05, 0) is 26.0 Å². The summed E-state index contributed by atoms with van der Waals surface area (Å²) >= 11 is 0. The SMILES string of the molecule is CC(C)N(C)S(=O)(=O)CCOc1ccccc1N. The van der Waals surface area contributed by atoms with Crippen molar-refractivity contribution in [1.82, 2.24) is 4.31 Å². The van der Waals surface area contributed by atoms with E-state index in [1.807, 2.05) is 13.8 Å². The van der Waals surface area contributed by atoms with Crippen LogP contribution >= 0.6 is 0 Å². The molecule has 0 aliphatic rings. The number of nitrogen functional groups attached to an aromatic ring is 1. The van der Waals surface area contributed by atoms with Crippen LogP contribution in [0.2, 0.25) is 0 Å². The maximum Gasteiger partial charge on any atom is 0.217 e. The minimum Gasteiger partial charge on any atom is -0.490 e. The summed E-state index contributed by atoms with van der Waals surface area (Å²) in [6, 6.07) is 6.96. The number of hydrogen-bond acceptors (Lipinski definition) is 4. The predicted molar refractivity (Wildman–Crippen MR) is 73.0 cm³/mol. The summed E-state index contributed by atoms with van der Waals surface area (Å²) in [5, 5.41) is 0. The van der Waals surface area contributed by atoms with Crippen LogP contribution in [0.1, 0.15) is 13.8 Å². The van der Waals surface area contributed by atoms with E-state index >= 15 is 0 Å². The molecule has 0 bridgehead atoms. The van der Waals surface area contributed by atoms with Crippen LogP contribution in [-0.4, -0.2) is 38.2 Å². The Morgan fingerprint density at radius 1 is 1.33 bits per heavy atom. The van der Waals surface area contributed by atoms with Crippen molar-refractivity contribution in [3.05, 3.63) is 24.3 Å². The van der Waals surface area contributed by atoms with E-state index < -0.39 is 10.0 Å². The maximum atomic E-state index is 11.9. The molecule has 1 aromatic rings. The minimum atomic E-state index is -3.28. The zero-order valence-electron chi connectivity index (χ0n) is 11.0. The van der Waals surface area contributed by atoms with Gasteiger partial charge in [0.25, 0.3) is 0 Å². The summed E-state index contributed by atoms with van der Waals surface area (Å²) in [6.07, 6.45) is 0. The quantitative estimate of drug-likeness (QED) is 0.793. The van der Waals surface area contributed by atoms with Crippen molar-refractivity contribution in [2.24, 2.45) is 0 Å². The fourth-order valence-electron chi connectivity index (χ4n) is 1.33. The fourth-order valence-corrected chi connectivity index (χ4v) is 2.56. The Morgan fingerprint density at radius 3 is 2.50 bits per heavy atom. The van der Waals surface area contributed by atoms with Gasteiger partial charge in [0, 0.05) is 13.1 Å². The van der Waals surface area contributed by atoms with E-state index in [9.17, 15) is 8.42 Å². The average molecular weight is 272 g/mol. The van der Waals surface area contributed by atoms with Gasteiger partial charge in [0.1, 0.15) is 12.4 Å². The highest BCUT2D eigenvalue weighted by molar-refractivity contribution is 7.89. The molecule has 18 heavy (non-hydrogen) atoms. The molecular weight excluding hydrogens is 252 g/mol. The molecule has 0 atom stereocenters. The van der Waals surface area contributed by atoms with Gasteiger partial charge in [0.15, 0.2) is 0 Å². The summed E-state index contributed by atoms with van der Waals surface area (Å²) in [6.45, 7) is 3.74. The van der Waals surface area contributed by atoms with Crippen LogP contribution in [0, 0.1) is 0 Å². The Bertz CT molecular complexity index is 486. The predicted octanol–water partition coefficient (Wildman–Crippen LogP) is 1.32. The van der Waals surface area contributed by atoms with Crippen molar-refractivity contribution < 1.29 is 13.2 Å². The molecule has 0 saturated carbocycles. The van der Waals surface area contributed by atoms with E-state index in [0.29, 0.717) is 11.4 Å². The molecule has 5 nitrogen and oxygen atoms in total. The van der Waals surface area contributed by atoms with E-state index in [-0.39, 0.29) is 18.4 Å². The average Bonchev–Trinajstić information content (AvgIpc) is 2.30. The number of nitrogens with two attached hydrogens (primary N) is 1. The van der Waals surface area contributed by atoms with Crippen LogP contribution in [-0.2, 0) is 10.0 Å². The maximum absolute atomic E-state index is 11.9. The molecule has 0 aliphatic heterocycles. The first-order chi connectivity index (χ1) is 8.34. The topological polar surface area (TPSA) is 72.6 Å². The molecule has 0 aromatic heterocycles. The molecule has 0 heterocycles. The molecule has 0 aliphatic carbocycles. The van der Waals surface area contributed by atoms with Crippen LogP contribution in [0.3, 0.4) is 0 Å². The third-order valence-corrected chi connectivity index (χ3v) is 4.67. The molecule has 1 aromatic carbocycles. The lowest BCUT2D eigenvalue weighted by Gasteiger charge is -2.21. The van der Waals surface area contributed by atoms with Crippen molar-refractivity contribution in [1.29, 1.82) is 0 Å². The Morgan fingerprint density at radius 2 is 1.94 bits per heavy atom. The standard InChI is InChI=1S/C12H20N2O3S/c1-10(2)14(3)18(15,16)9-8-17-12-7-5-4-6-11(12)13/h4-7,10H,8-9,13H2,1-3H3. The smallest absolute Gasteiger partial charge is 0.217 e. The molecule has 2 N–H and O–H groups in total. The Hall–Kier alpha value is -1.27. The van der Waals surface area contributed by atoms with E-state index in [2.05, 4.69) is 0 Å². The number of benzene rings is 1. The highest BCUT2D eigenvalue weighted by Gasteiger charge is 2.20. The molecule has 0 amide bonds. The lowest BCUT2D eigenvalue weighted by molar-refractivity contribution is 0.335. The fraction of sp³-hybridized carbons (Fsp3) is 0.500. The second kappa shape index (κ2) is 6.06. The van der Waals surface area contributed by atoms with Gasteiger partial charge < -0.3 is 10.5 Å². The number of ether oxygens (including phenoxy) is 1. The first kappa shape index (κ1) is 14.8. The van der Waals surface area contributed by atoms with Crippen LogP contribution < -0.4 is 10.5 Å². The Labute approximate surface area is 109 Å². The number of nitrogens with zero attached hydrogens (tertiary/aromatic N) is 1. The molecule has 0 spiro atoms. The highest BCUT2D eigenvalue weighted by Crippen LogP contribution is 2.19. The van der Waals surface area contributed by atoms with Crippen LogP contribution in [0.5, 0.6) is 5.75 Å². The van der Waals surface area contributed by atoms with E-state index in [1.165, 1.54) is 4.31 Å². The lowest BCUT2D eigenvalue weighted by Crippen LogP contribution is -2.36. The summed E-state index contributed by atoms with van der Waals surface area (Å²) in [7, 11) is -1.71. The monoisotopic (exact) mass is 272 g/mol. The summed E-state index contributed by atoms with van der Waals surface area (Å²) < 4.78 is 30.4. The lowest BCUT2D eigenvalue weighted by atomic mass is 10.3. The second-order valence-corrected chi connectivity index (χ2v) is 6.46. The van der Waals surface area contributed by atoms with Crippen molar-refractivity contribution >= 4 is 15.7 Å². The molecular formula is C12H20N2O3S. The third-order valence-electron chi connectivity index (χ3n) is 2.68. The number of hydrogen-bond donors (Lipinski definition) is 1. The van der Waals surface area contributed by atoms with Crippen molar-refractivity contribution in [2.75, 3.05) is 25.1 Å². The molecule has 0 radical (unpaired) electrons. The zero-order chi connectivity index (χ0) is 13.8. The van der Waals surface area contributed by atoms with Crippen molar-refractivity contribution in [3.63, 3.8) is 0 Å². The molecule has 1 rings (SSSR count). The first-order valence-electron chi connectivity index (χ1n) is 5.77. The van der Waals surface area contributed by atoms with Crippen LogP contribution in [0.4, 0.5) is 5.69 Å². The third kappa shape index (κ3) is 3.89. The minimum absolute atomic E-state index is 0.0585. The largest absolute Gasteiger partial charge is 0.490 e. The number of anilines is 1. The molecule has 102 valence electrons. The van der Waals surface area contributed by atoms with Crippen molar-refractivity contribution in [2.45, 2.75) is 19.9 Å². The van der Waals surface area contributed by atoms with Gasteiger partial charge >= 0.3 is 0 Å². The van der Waals surface area contributed by atoms with E-state index in [1.54, 1.807) is 31.3 Å². The summed E-state index contributed by atoms with van der Waals surface area (Å²) in [5.41, 5.74) is 6.20. The van der Waals surface area contributed by atoms with Crippen LogP contribution in [0.15, 0.2) is 24.3 Å². The number of para-hydroxylation sites is 2. The van der Waals surface area contributed by atoms with Gasteiger partial charge in [0.05, 0.1) is 11.4 Å². The van der Waals surface area contributed by atoms with Gasteiger partial charge in [-0.3, -0.25) is 0 Å². The molecule has 6 heteroatoms. The highest BCUT2D eigenvalue weighted by atomic mass is 32.2.